The molecule has 1 heterocycles. The first-order valence-electron chi connectivity index (χ1n) is 6.52. The molecule has 1 aromatic heterocycles. The number of para-hydroxylation sites is 2. The Morgan fingerprint density at radius 3 is 2.33 bits per heavy atom. The van der Waals surface area contributed by atoms with Crippen LogP contribution in [-0.2, 0) is 0 Å². The molecule has 0 aliphatic rings. The van der Waals surface area contributed by atoms with Crippen LogP contribution >= 0.6 is 0 Å². The number of fused-ring (bicyclic) bond motifs is 1. The number of anilines is 1. The van der Waals surface area contributed by atoms with Crippen molar-refractivity contribution in [2.45, 2.75) is 0 Å². The zero-order chi connectivity index (χ0) is 14.5. The lowest BCUT2D eigenvalue weighted by Crippen LogP contribution is -2.00. The molecule has 0 radical (unpaired) electrons. The fraction of sp³-hybridized carbons (Fsp3) is 0.0625. The third-order valence-corrected chi connectivity index (χ3v) is 2.92. The first kappa shape index (κ1) is 13.1. The number of methoxy groups -OCH3 is 1. The van der Waals surface area contributed by atoms with E-state index in [0.717, 1.165) is 16.6 Å². The van der Waals surface area contributed by atoms with Crippen molar-refractivity contribution in [3.05, 3.63) is 60.2 Å². The second kappa shape index (κ2) is 6.00. The van der Waals surface area contributed by atoms with Gasteiger partial charge in [-0.05, 0) is 17.7 Å². The van der Waals surface area contributed by atoms with Gasteiger partial charge >= 0.3 is 0 Å². The summed E-state index contributed by atoms with van der Waals surface area (Å²) in [7, 11) is 1.56. The third kappa shape index (κ3) is 2.97. The maximum absolute atomic E-state index is 5.25. The predicted octanol–water partition coefficient (Wildman–Crippen LogP) is 3.08. The van der Waals surface area contributed by atoms with Gasteiger partial charge in [0.15, 0.2) is 0 Å². The standard InChI is InChI=1S/C16H14N4O/c1-21-16-15(18-13-9-5-6-10-14(13)19-16)20-17-11-12-7-3-2-4-8-12/h2-11H,1H3,(H,18,20)/b17-11+. The number of hydrazone groups is 1. The lowest BCUT2D eigenvalue weighted by atomic mass is 10.2. The first-order valence-corrected chi connectivity index (χ1v) is 6.52. The highest BCUT2D eigenvalue weighted by Gasteiger charge is 2.07. The smallest absolute Gasteiger partial charge is 0.259 e. The van der Waals surface area contributed by atoms with Crippen molar-refractivity contribution >= 4 is 23.1 Å². The summed E-state index contributed by atoms with van der Waals surface area (Å²) in [5.41, 5.74) is 5.45. The average molecular weight is 278 g/mol. The lowest BCUT2D eigenvalue weighted by Gasteiger charge is -2.07. The highest BCUT2D eigenvalue weighted by atomic mass is 16.5. The van der Waals surface area contributed by atoms with E-state index in [-0.39, 0.29) is 0 Å². The van der Waals surface area contributed by atoms with E-state index >= 15 is 0 Å². The SMILES string of the molecule is COc1nc2ccccc2nc1N/N=C/c1ccccc1. The van der Waals surface area contributed by atoms with Crippen LogP contribution in [-0.4, -0.2) is 23.3 Å². The summed E-state index contributed by atoms with van der Waals surface area (Å²) in [5, 5.41) is 4.17. The van der Waals surface area contributed by atoms with Crippen LogP contribution in [0.1, 0.15) is 5.56 Å². The summed E-state index contributed by atoms with van der Waals surface area (Å²) in [6, 6.07) is 17.4. The second-order valence-corrected chi connectivity index (χ2v) is 4.35. The van der Waals surface area contributed by atoms with Gasteiger partial charge in [0.25, 0.3) is 5.88 Å². The molecule has 0 amide bonds. The molecule has 0 saturated carbocycles. The summed E-state index contributed by atoms with van der Waals surface area (Å²) < 4.78 is 5.25. The summed E-state index contributed by atoms with van der Waals surface area (Å²) in [5.74, 6) is 0.905. The van der Waals surface area contributed by atoms with Gasteiger partial charge in [-0.2, -0.15) is 5.10 Å². The number of rotatable bonds is 4. The lowest BCUT2D eigenvalue weighted by molar-refractivity contribution is 0.400. The van der Waals surface area contributed by atoms with Crippen LogP contribution < -0.4 is 10.2 Å². The van der Waals surface area contributed by atoms with E-state index < -0.39 is 0 Å². The fourth-order valence-corrected chi connectivity index (χ4v) is 1.91. The van der Waals surface area contributed by atoms with Gasteiger partial charge in [0.2, 0.25) is 5.82 Å². The zero-order valence-electron chi connectivity index (χ0n) is 11.5. The molecule has 0 aliphatic heterocycles. The Labute approximate surface area is 122 Å². The van der Waals surface area contributed by atoms with Gasteiger partial charge in [-0.3, -0.25) is 5.43 Å². The van der Waals surface area contributed by atoms with E-state index in [1.807, 2.05) is 54.6 Å². The summed E-state index contributed by atoms with van der Waals surface area (Å²) in [6.07, 6.45) is 1.72. The molecule has 0 saturated heterocycles. The summed E-state index contributed by atoms with van der Waals surface area (Å²) >= 11 is 0. The van der Waals surface area contributed by atoms with Crippen LogP contribution in [0.4, 0.5) is 5.82 Å². The molecular weight excluding hydrogens is 264 g/mol. The normalized spacial score (nSPS) is 10.9. The van der Waals surface area contributed by atoms with Gasteiger partial charge in [-0.15, -0.1) is 0 Å². The molecule has 0 atom stereocenters. The van der Waals surface area contributed by atoms with E-state index in [1.54, 1.807) is 13.3 Å². The molecule has 1 N–H and O–H groups in total. The minimum atomic E-state index is 0.416. The molecular formula is C16H14N4O. The van der Waals surface area contributed by atoms with E-state index in [9.17, 15) is 0 Å². The fourth-order valence-electron chi connectivity index (χ4n) is 1.91. The largest absolute Gasteiger partial charge is 0.478 e. The summed E-state index contributed by atoms with van der Waals surface area (Å²) in [6.45, 7) is 0. The van der Waals surface area contributed by atoms with Crippen molar-refractivity contribution in [3.63, 3.8) is 0 Å². The van der Waals surface area contributed by atoms with Crippen LogP contribution in [0.15, 0.2) is 59.7 Å². The van der Waals surface area contributed by atoms with Gasteiger partial charge in [0.1, 0.15) is 0 Å². The molecule has 2 aromatic carbocycles. The van der Waals surface area contributed by atoms with Gasteiger partial charge in [-0.1, -0.05) is 42.5 Å². The Bertz CT molecular complexity index is 772. The van der Waals surface area contributed by atoms with Crippen molar-refractivity contribution in [3.8, 4) is 5.88 Å². The van der Waals surface area contributed by atoms with Crippen molar-refractivity contribution in [2.75, 3.05) is 12.5 Å². The van der Waals surface area contributed by atoms with Gasteiger partial charge in [0, 0.05) is 0 Å². The Morgan fingerprint density at radius 1 is 0.952 bits per heavy atom. The maximum atomic E-state index is 5.25. The van der Waals surface area contributed by atoms with Crippen LogP contribution in [0.2, 0.25) is 0 Å². The van der Waals surface area contributed by atoms with Crippen molar-refractivity contribution in [1.82, 2.24) is 9.97 Å². The topological polar surface area (TPSA) is 59.4 Å². The first-order chi connectivity index (χ1) is 10.4. The van der Waals surface area contributed by atoms with E-state index in [1.165, 1.54) is 0 Å². The highest BCUT2D eigenvalue weighted by Crippen LogP contribution is 2.22. The van der Waals surface area contributed by atoms with Crippen molar-refractivity contribution < 1.29 is 4.74 Å². The number of hydrogen-bond acceptors (Lipinski definition) is 5. The maximum Gasteiger partial charge on any atom is 0.259 e. The number of nitrogens with one attached hydrogen (secondary N) is 1. The Morgan fingerprint density at radius 2 is 1.62 bits per heavy atom. The molecule has 104 valence electrons. The molecule has 5 heteroatoms. The van der Waals surface area contributed by atoms with Crippen LogP contribution in [0.5, 0.6) is 5.88 Å². The quantitative estimate of drug-likeness (QED) is 0.588. The minimum absolute atomic E-state index is 0.416. The van der Waals surface area contributed by atoms with Crippen molar-refractivity contribution in [1.29, 1.82) is 0 Å². The third-order valence-electron chi connectivity index (χ3n) is 2.92. The Hall–Kier alpha value is -2.95. The van der Waals surface area contributed by atoms with Gasteiger partial charge in [-0.25, -0.2) is 9.97 Å². The number of benzene rings is 2. The minimum Gasteiger partial charge on any atom is -0.478 e. The van der Waals surface area contributed by atoms with Crippen LogP contribution in [0.25, 0.3) is 11.0 Å². The number of aromatic nitrogens is 2. The average Bonchev–Trinajstić information content (AvgIpc) is 2.55. The number of hydrogen-bond donors (Lipinski definition) is 1. The summed E-state index contributed by atoms with van der Waals surface area (Å²) in [4.78, 5) is 8.86. The molecule has 5 nitrogen and oxygen atoms in total. The molecule has 3 rings (SSSR count). The van der Waals surface area contributed by atoms with E-state index in [4.69, 9.17) is 4.74 Å². The van der Waals surface area contributed by atoms with Gasteiger partial charge in [0.05, 0.1) is 24.4 Å². The Balaban J connectivity index is 1.87. The number of nitrogens with zero attached hydrogens (tertiary/aromatic N) is 3. The molecule has 0 unspecified atom stereocenters. The van der Waals surface area contributed by atoms with Crippen LogP contribution in [0, 0.1) is 0 Å². The highest BCUT2D eigenvalue weighted by molar-refractivity contribution is 5.81. The predicted molar refractivity (Wildman–Crippen MR) is 83.7 cm³/mol. The molecule has 21 heavy (non-hydrogen) atoms. The molecule has 0 bridgehead atoms. The molecule has 0 fully saturated rings. The zero-order valence-corrected chi connectivity index (χ0v) is 11.5. The van der Waals surface area contributed by atoms with E-state index in [2.05, 4.69) is 20.5 Å². The molecule has 0 aliphatic carbocycles. The molecule has 0 spiro atoms. The van der Waals surface area contributed by atoms with E-state index in [0.29, 0.717) is 11.7 Å². The van der Waals surface area contributed by atoms with Crippen LogP contribution in [0.3, 0.4) is 0 Å². The molecule has 3 aromatic rings. The van der Waals surface area contributed by atoms with Gasteiger partial charge < -0.3 is 4.74 Å². The number of ether oxygens (including phenoxy) is 1. The van der Waals surface area contributed by atoms with Crippen molar-refractivity contribution in [2.24, 2.45) is 5.10 Å². The second-order valence-electron chi connectivity index (χ2n) is 4.35. The Kier molecular flexibility index (Phi) is 3.73. The monoisotopic (exact) mass is 278 g/mol.